The van der Waals surface area contributed by atoms with E-state index in [0.717, 1.165) is 11.1 Å². The molecule has 2 heterocycles. The molecule has 0 saturated heterocycles. The topological polar surface area (TPSA) is 46.9 Å². The molecule has 1 amide bonds. The van der Waals surface area contributed by atoms with Gasteiger partial charge in [0, 0.05) is 12.1 Å². The fourth-order valence-electron chi connectivity index (χ4n) is 1.93. The summed E-state index contributed by atoms with van der Waals surface area (Å²) in [5.41, 5.74) is 2.36. The zero-order valence-corrected chi connectivity index (χ0v) is 9.74. The van der Waals surface area contributed by atoms with Crippen LogP contribution >= 0.6 is 11.6 Å². The van der Waals surface area contributed by atoms with Crippen LogP contribution in [0.2, 0.25) is 5.15 Å². The third-order valence-corrected chi connectivity index (χ3v) is 3.22. The largest absolute Gasteiger partial charge is 0.346 e. The molecule has 0 atom stereocenters. The molecule has 17 heavy (non-hydrogen) atoms. The van der Waals surface area contributed by atoms with E-state index in [9.17, 15) is 4.79 Å². The van der Waals surface area contributed by atoms with E-state index in [2.05, 4.69) is 10.4 Å². The fourth-order valence-corrected chi connectivity index (χ4v) is 2.18. The van der Waals surface area contributed by atoms with Crippen LogP contribution in [0.25, 0.3) is 0 Å². The molecule has 1 aromatic heterocycles. The minimum absolute atomic E-state index is 0.145. The van der Waals surface area contributed by atoms with Crippen molar-refractivity contribution in [2.24, 2.45) is 0 Å². The molecule has 1 N–H and O–H groups in total. The molecule has 0 spiro atoms. The Kier molecular flexibility index (Phi) is 2.37. The van der Waals surface area contributed by atoms with E-state index in [0.29, 0.717) is 23.9 Å². The monoisotopic (exact) mass is 247 g/mol. The lowest BCUT2D eigenvalue weighted by molar-refractivity contribution is 0.0960. The highest BCUT2D eigenvalue weighted by atomic mass is 35.5. The van der Waals surface area contributed by atoms with Crippen molar-refractivity contribution in [3.63, 3.8) is 0 Å². The van der Waals surface area contributed by atoms with E-state index in [1.807, 2.05) is 30.3 Å². The van der Waals surface area contributed by atoms with Gasteiger partial charge in [0.2, 0.25) is 0 Å². The van der Waals surface area contributed by atoms with Crippen LogP contribution in [0.5, 0.6) is 0 Å². The quantitative estimate of drug-likeness (QED) is 0.880. The maximum Gasteiger partial charge on any atom is 0.272 e. The molecule has 1 aromatic carbocycles. The van der Waals surface area contributed by atoms with Gasteiger partial charge < -0.3 is 5.32 Å². The first-order valence-electron chi connectivity index (χ1n) is 5.33. The number of carbonyl (C=O) groups excluding carboxylic acids is 1. The standard InChI is InChI=1S/C12H10ClN3O/c13-11-9-6-14-12(17)10(9)15-16(11)7-8-4-2-1-3-5-8/h1-5H,6-7H2,(H,14,17). The van der Waals surface area contributed by atoms with Gasteiger partial charge in [0.15, 0.2) is 5.69 Å². The number of aromatic nitrogens is 2. The Morgan fingerprint density at radius 3 is 2.82 bits per heavy atom. The summed E-state index contributed by atoms with van der Waals surface area (Å²) >= 11 is 6.19. The number of amides is 1. The van der Waals surface area contributed by atoms with Crippen LogP contribution < -0.4 is 5.32 Å². The molecule has 2 aromatic rings. The van der Waals surface area contributed by atoms with Gasteiger partial charge in [0.1, 0.15) is 5.15 Å². The van der Waals surface area contributed by atoms with E-state index in [1.165, 1.54) is 0 Å². The van der Waals surface area contributed by atoms with Gasteiger partial charge in [-0.2, -0.15) is 5.10 Å². The number of carbonyl (C=O) groups is 1. The molecule has 1 aliphatic heterocycles. The molecule has 0 unspecified atom stereocenters. The van der Waals surface area contributed by atoms with E-state index >= 15 is 0 Å². The Bertz CT molecular complexity index is 577. The minimum atomic E-state index is -0.145. The maximum absolute atomic E-state index is 11.4. The van der Waals surface area contributed by atoms with Crippen LogP contribution in [-0.4, -0.2) is 15.7 Å². The lowest BCUT2D eigenvalue weighted by Crippen LogP contribution is -2.16. The Morgan fingerprint density at radius 2 is 2.12 bits per heavy atom. The van der Waals surface area contributed by atoms with E-state index in [-0.39, 0.29) is 5.91 Å². The predicted octanol–water partition coefficient (Wildman–Crippen LogP) is 1.83. The second-order valence-electron chi connectivity index (χ2n) is 3.94. The summed E-state index contributed by atoms with van der Waals surface area (Å²) in [7, 11) is 0. The SMILES string of the molecule is O=C1NCc2c1nn(Cc1ccccc1)c2Cl. The second-order valence-corrected chi connectivity index (χ2v) is 4.30. The summed E-state index contributed by atoms with van der Waals surface area (Å²) in [6.45, 7) is 1.06. The van der Waals surface area contributed by atoms with Crippen molar-refractivity contribution in [2.45, 2.75) is 13.1 Å². The Balaban J connectivity index is 1.95. The number of nitrogens with one attached hydrogen (secondary N) is 1. The van der Waals surface area contributed by atoms with Gasteiger partial charge in [-0.1, -0.05) is 41.9 Å². The zero-order valence-electron chi connectivity index (χ0n) is 8.98. The zero-order chi connectivity index (χ0) is 11.8. The highest BCUT2D eigenvalue weighted by molar-refractivity contribution is 6.31. The predicted molar refractivity (Wildman–Crippen MR) is 64.0 cm³/mol. The number of benzene rings is 1. The van der Waals surface area contributed by atoms with Gasteiger partial charge in [-0.3, -0.25) is 4.79 Å². The van der Waals surface area contributed by atoms with Crippen LogP contribution in [-0.2, 0) is 13.1 Å². The average Bonchev–Trinajstić information content (AvgIpc) is 2.84. The van der Waals surface area contributed by atoms with Crippen molar-refractivity contribution in [3.8, 4) is 0 Å². The molecular weight excluding hydrogens is 238 g/mol. The normalized spacial score (nSPS) is 13.6. The number of fused-ring (bicyclic) bond motifs is 1. The van der Waals surface area contributed by atoms with Crippen molar-refractivity contribution in [2.75, 3.05) is 0 Å². The van der Waals surface area contributed by atoms with Gasteiger partial charge in [-0.05, 0) is 5.56 Å². The molecular formula is C12H10ClN3O. The van der Waals surface area contributed by atoms with Crippen LogP contribution in [0.3, 0.4) is 0 Å². The molecule has 0 bridgehead atoms. The van der Waals surface area contributed by atoms with Crippen LogP contribution in [0.4, 0.5) is 0 Å². The summed E-state index contributed by atoms with van der Waals surface area (Å²) in [6, 6.07) is 9.90. The van der Waals surface area contributed by atoms with Crippen molar-refractivity contribution < 1.29 is 4.79 Å². The molecule has 3 rings (SSSR count). The Labute approximate surface area is 103 Å². The summed E-state index contributed by atoms with van der Waals surface area (Å²) in [4.78, 5) is 11.4. The number of hydrogen-bond acceptors (Lipinski definition) is 2. The first-order valence-corrected chi connectivity index (χ1v) is 5.71. The van der Waals surface area contributed by atoms with E-state index in [1.54, 1.807) is 4.68 Å². The lowest BCUT2D eigenvalue weighted by atomic mass is 10.2. The molecule has 0 radical (unpaired) electrons. The van der Waals surface area contributed by atoms with Gasteiger partial charge in [0.25, 0.3) is 5.91 Å². The lowest BCUT2D eigenvalue weighted by Gasteiger charge is -2.04. The average molecular weight is 248 g/mol. The van der Waals surface area contributed by atoms with Crippen molar-refractivity contribution in [1.29, 1.82) is 0 Å². The number of hydrogen-bond donors (Lipinski definition) is 1. The molecule has 5 heteroatoms. The molecule has 86 valence electrons. The van der Waals surface area contributed by atoms with Gasteiger partial charge >= 0.3 is 0 Å². The van der Waals surface area contributed by atoms with Gasteiger partial charge in [-0.15, -0.1) is 0 Å². The van der Waals surface area contributed by atoms with Crippen molar-refractivity contribution in [3.05, 3.63) is 52.3 Å². The van der Waals surface area contributed by atoms with E-state index in [4.69, 9.17) is 11.6 Å². The maximum atomic E-state index is 11.4. The molecule has 0 saturated carbocycles. The first kappa shape index (κ1) is 10.4. The minimum Gasteiger partial charge on any atom is -0.346 e. The highest BCUT2D eigenvalue weighted by Gasteiger charge is 2.27. The molecule has 0 fully saturated rings. The Hall–Kier alpha value is -1.81. The molecule has 4 nitrogen and oxygen atoms in total. The van der Waals surface area contributed by atoms with Gasteiger partial charge in [0.05, 0.1) is 6.54 Å². The summed E-state index contributed by atoms with van der Waals surface area (Å²) in [5.74, 6) is -0.145. The summed E-state index contributed by atoms with van der Waals surface area (Å²) in [6.07, 6.45) is 0. The third kappa shape index (κ3) is 1.70. The van der Waals surface area contributed by atoms with Gasteiger partial charge in [-0.25, -0.2) is 4.68 Å². The van der Waals surface area contributed by atoms with Crippen molar-refractivity contribution >= 4 is 17.5 Å². The first-order chi connectivity index (χ1) is 8.25. The number of nitrogens with zero attached hydrogens (tertiary/aromatic N) is 2. The third-order valence-electron chi connectivity index (χ3n) is 2.80. The fraction of sp³-hybridized carbons (Fsp3) is 0.167. The summed E-state index contributed by atoms with van der Waals surface area (Å²) in [5, 5.41) is 7.48. The molecule has 0 aliphatic carbocycles. The van der Waals surface area contributed by atoms with Crippen LogP contribution in [0, 0.1) is 0 Å². The second kappa shape index (κ2) is 3.89. The van der Waals surface area contributed by atoms with Crippen LogP contribution in [0.1, 0.15) is 21.6 Å². The Morgan fingerprint density at radius 1 is 1.35 bits per heavy atom. The van der Waals surface area contributed by atoms with Crippen molar-refractivity contribution in [1.82, 2.24) is 15.1 Å². The highest BCUT2D eigenvalue weighted by Crippen LogP contribution is 2.24. The van der Waals surface area contributed by atoms with E-state index < -0.39 is 0 Å². The number of rotatable bonds is 2. The summed E-state index contributed by atoms with van der Waals surface area (Å²) < 4.78 is 1.67. The smallest absolute Gasteiger partial charge is 0.272 e. The number of halogens is 1. The molecule has 1 aliphatic rings. The van der Waals surface area contributed by atoms with Crippen LogP contribution in [0.15, 0.2) is 30.3 Å².